The molecule has 2 unspecified atom stereocenters. The predicted molar refractivity (Wildman–Crippen MR) is 79.7 cm³/mol. The maximum absolute atomic E-state index is 13.0. The van der Waals surface area contributed by atoms with Gasteiger partial charge in [0.05, 0.1) is 11.7 Å². The second-order valence-corrected chi connectivity index (χ2v) is 6.85. The van der Waals surface area contributed by atoms with Gasteiger partial charge >= 0.3 is 0 Å². The summed E-state index contributed by atoms with van der Waals surface area (Å²) in [6.07, 6.45) is 11.0. The first kappa shape index (κ1) is 13.2. The van der Waals surface area contributed by atoms with Crippen LogP contribution in [-0.2, 0) is 11.2 Å². The van der Waals surface area contributed by atoms with E-state index in [1.807, 2.05) is 13.1 Å². The highest BCUT2D eigenvalue weighted by Crippen LogP contribution is 2.44. The Balaban J connectivity index is 1.63. The van der Waals surface area contributed by atoms with Crippen LogP contribution in [0.3, 0.4) is 0 Å². The molecule has 1 amide bonds. The zero-order valence-corrected chi connectivity index (χ0v) is 12.7. The van der Waals surface area contributed by atoms with Gasteiger partial charge in [0.25, 0.3) is 0 Å². The first-order valence-electron chi connectivity index (χ1n) is 8.38. The van der Waals surface area contributed by atoms with E-state index in [0.717, 1.165) is 37.9 Å². The Morgan fingerprint density at radius 2 is 2.00 bits per heavy atom. The summed E-state index contributed by atoms with van der Waals surface area (Å²) in [7, 11) is 0. The molecule has 2 aliphatic heterocycles. The van der Waals surface area contributed by atoms with Gasteiger partial charge in [0.2, 0.25) is 5.91 Å². The van der Waals surface area contributed by atoms with Gasteiger partial charge in [-0.3, -0.25) is 4.79 Å². The normalized spacial score (nSPS) is 28.5. The fourth-order valence-electron chi connectivity index (χ4n) is 4.47. The number of aromatic nitrogens is 2. The molecular formula is C17H23N3O. The molecule has 4 rings (SSSR count). The topological polar surface area (TPSA) is 46.1 Å². The van der Waals surface area contributed by atoms with E-state index in [1.165, 1.54) is 30.5 Å². The molecule has 21 heavy (non-hydrogen) atoms. The lowest BCUT2D eigenvalue weighted by atomic mass is 9.87. The van der Waals surface area contributed by atoms with Gasteiger partial charge in [0.1, 0.15) is 5.82 Å². The summed E-state index contributed by atoms with van der Waals surface area (Å²) in [5.74, 6) is 1.53. The van der Waals surface area contributed by atoms with Crippen molar-refractivity contribution < 1.29 is 4.79 Å². The molecule has 1 aliphatic carbocycles. The van der Waals surface area contributed by atoms with Crippen LogP contribution in [0.25, 0.3) is 0 Å². The highest BCUT2D eigenvalue weighted by molar-refractivity contribution is 5.80. The summed E-state index contributed by atoms with van der Waals surface area (Å²) in [5, 5.41) is 0. The molecule has 0 N–H and O–H groups in total. The Kier molecular flexibility index (Phi) is 3.20. The predicted octanol–water partition coefficient (Wildman–Crippen LogP) is 2.95. The number of rotatable bonds is 1. The first-order chi connectivity index (χ1) is 10.2. The van der Waals surface area contributed by atoms with Gasteiger partial charge in [-0.05, 0) is 32.6 Å². The Morgan fingerprint density at radius 1 is 1.19 bits per heavy atom. The van der Waals surface area contributed by atoms with Crippen LogP contribution in [0.1, 0.15) is 68.1 Å². The van der Waals surface area contributed by atoms with E-state index in [-0.39, 0.29) is 12.0 Å². The van der Waals surface area contributed by atoms with Gasteiger partial charge in [-0.2, -0.15) is 0 Å². The van der Waals surface area contributed by atoms with Crippen molar-refractivity contribution in [3.05, 3.63) is 23.3 Å². The van der Waals surface area contributed by atoms with Crippen molar-refractivity contribution in [2.45, 2.75) is 70.4 Å². The summed E-state index contributed by atoms with van der Waals surface area (Å²) < 4.78 is 0. The minimum atomic E-state index is 0.244. The zero-order valence-electron chi connectivity index (χ0n) is 12.7. The molecule has 2 bridgehead atoms. The number of aryl methyl sites for hydroxylation is 1. The van der Waals surface area contributed by atoms with Gasteiger partial charge in [-0.15, -0.1) is 0 Å². The highest BCUT2D eigenvalue weighted by atomic mass is 16.2. The standard InChI is InChI=1S/C17H23N3O/c1-11-18-10-14-15(19-11)9-13-7-8-16(14)20(13)17(21)12-5-3-2-4-6-12/h10,12-13,16H,2-9H2,1H3. The number of amides is 1. The average molecular weight is 285 g/mol. The van der Waals surface area contributed by atoms with Crippen molar-refractivity contribution in [3.8, 4) is 0 Å². The minimum absolute atomic E-state index is 0.244. The SMILES string of the molecule is Cc1ncc2c(n1)CC1CCC2N1C(=O)C1CCCCC1. The second-order valence-electron chi connectivity index (χ2n) is 6.85. The fraction of sp³-hybridized carbons (Fsp3) is 0.706. The zero-order chi connectivity index (χ0) is 14.4. The molecular weight excluding hydrogens is 262 g/mol. The maximum Gasteiger partial charge on any atom is 0.226 e. The van der Waals surface area contributed by atoms with E-state index in [1.54, 1.807) is 0 Å². The number of carbonyl (C=O) groups is 1. The second kappa shape index (κ2) is 5.08. The number of nitrogens with zero attached hydrogens (tertiary/aromatic N) is 3. The molecule has 1 saturated carbocycles. The molecule has 0 spiro atoms. The van der Waals surface area contributed by atoms with E-state index in [0.29, 0.717) is 11.9 Å². The Labute approximate surface area is 126 Å². The molecule has 112 valence electrons. The first-order valence-corrected chi connectivity index (χ1v) is 8.38. The summed E-state index contributed by atoms with van der Waals surface area (Å²) in [4.78, 5) is 24.2. The van der Waals surface area contributed by atoms with Crippen molar-refractivity contribution in [1.82, 2.24) is 14.9 Å². The van der Waals surface area contributed by atoms with E-state index < -0.39 is 0 Å². The Hall–Kier alpha value is -1.45. The lowest BCUT2D eigenvalue weighted by Crippen LogP contribution is -2.45. The number of carbonyl (C=O) groups excluding carboxylic acids is 1. The van der Waals surface area contributed by atoms with Crippen molar-refractivity contribution in [2.75, 3.05) is 0 Å². The average Bonchev–Trinajstić information content (AvgIpc) is 2.82. The van der Waals surface area contributed by atoms with Crippen LogP contribution >= 0.6 is 0 Å². The summed E-state index contributed by atoms with van der Waals surface area (Å²) in [6, 6.07) is 0.625. The van der Waals surface area contributed by atoms with E-state index in [2.05, 4.69) is 14.9 Å². The number of hydrogen-bond donors (Lipinski definition) is 0. The van der Waals surface area contributed by atoms with Crippen LogP contribution < -0.4 is 0 Å². The molecule has 2 fully saturated rings. The Morgan fingerprint density at radius 3 is 2.81 bits per heavy atom. The van der Waals surface area contributed by atoms with Crippen molar-refractivity contribution in [1.29, 1.82) is 0 Å². The van der Waals surface area contributed by atoms with Gasteiger partial charge < -0.3 is 4.90 Å². The van der Waals surface area contributed by atoms with Gasteiger partial charge in [-0.1, -0.05) is 19.3 Å². The van der Waals surface area contributed by atoms with Crippen LogP contribution in [0.15, 0.2) is 6.20 Å². The third-order valence-corrected chi connectivity index (χ3v) is 5.52. The minimum Gasteiger partial charge on any atom is -0.332 e. The molecule has 0 aromatic carbocycles. The molecule has 3 heterocycles. The number of fused-ring (bicyclic) bond motifs is 4. The monoisotopic (exact) mass is 285 g/mol. The van der Waals surface area contributed by atoms with Crippen molar-refractivity contribution >= 4 is 5.91 Å². The van der Waals surface area contributed by atoms with Crippen molar-refractivity contribution in [2.24, 2.45) is 5.92 Å². The summed E-state index contributed by atoms with van der Waals surface area (Å²) in [6.45, 7) is 1.95. The van der Waals surface area contributed by atoms with Gasteiger partial charge in [0.15, 0.2) is 0 Å². The molecule has 4 nitrogen and oxygen atoms in total. The van der Waals surface area contributed by atoms with Crippen molar-refractivity contribution in [3.63, 3.8) is 0 Å². The molecule has 2 atom stereocenters. The molecule has 1 aromatic rings. The van der Waals surface area contributed by atoms with Crippen LogP contribution in [0.2, 0.25) is 0 Å². The van der Waals surface area contributed by atoms with Crippen LogP contribution in [0, 0.1) is 12.8 Å². The largest absolute Gasteiger partial charge is 0.332 e. The third-order valence-electron chi connectivity index (χ3n) is 5.52. The van der Waals surface area contributed by atoms with Crippen LogP contribution in [-0.4, -0.2) is 26.8 Å². The highest BCUT2D eigenvalue weighted by Gasteiger charge is 2.44. The third kappa shape index (κ3) is 2.16. The molecule has 4 heteroatoms. The summed E-state index contributed by atoms with van der Waals surface area (Å²) in [5.41, 5.74) is 2.39. The maximum atomic E-state index is 13.0. The smallest absolute Gasteiger partial charge is 0.226 e. The molecule has 3 aliphatic rings. The molecule has 1 saturated heterocycles. The molecule has 0 radical (unpaired) electrons. The fourth-order valence-corrected chi connectivity index (χ4v) is 4.47. The van der Waals surface area contributed by atoms with Crippen LogP contribution in [0.5, 0.6) is 0 Å². The molecule has 1 aromatic heterocycles. The lowest BCUT2D eigenvalue weighted by molar-refractivity contribution is -0.140. The quantitative estimate of drug-likeness (QED) is 0.797. The van der Waals surface area contributed by atoms with E-state index in [9.17, 15) is 4.79 Å². The summed E-state index contributed by atoms with van der Waals surface area (Å²) >= 11 is 0. The van der Waals surface area contributed by atoms with E-state index >= 15 is 0 Å². The van der Waals surface area contributed by atoms with Gasteiger partial charge in [-0.25, -0.2) is 9.97 Å². The Bertz CT molecular complexity index is 565. The lowest BCUT2D eigenvalue weighted by Gasteiger charge is -2.38. The number of hydrogen-bond acceptors (Lipinski definition) is 3. The van der Waals surface area contributed by atoms with Crippen LogP contribution in [0.4, 0.5) is 0 Å². The van der Waals surface area contributed by atoms with E-state index in [4.69, 9.17) is 0 Å². The van der Waals surface area contributed by atoms with Gasteiger partial charge in [0, 0.05) is 30.1 Å².